The molecule has 0 amide bonds. The molecule has 0 heterocycles. The van der Waals surface area contributed by atoms with Crippen LogP contribution in [0.15, 0.2) is 0 Å². The quantitative estimate of drug-likeness (QED) is 0.400. The minimum atomic E-state index is -2.26. The van der Waals surface area contributed by atoms with Crippen LogP contribution in [0.25, 0.3) is 0 Å². The molecule has 0 saturated heterocycles. The molecule has 0 aromatic heterocycles. The Balaban J connectivity index is 3.07. The lowest BCUT2D eigenvalue weighted by atomic mass is 10.2. The molecule has 0 spiro atoms. The van der Waals surface area contributed by atoms with Crippen molar-refractivity contribution < 1.29 is 31.8 Å². The Hall–Kier alpha value is -0.890. The number of hydrogen-bond donors (Lipinski definition) is 1. The van der Waals surface area contributed by atoms with Gasteiger partial charge in [0.05, 0.1) is 6.10 Å². The van der Waals surface area contributed by atoms with E-state index in [1.807, 2.05) is 0 Å². The second-order valence-corrected chi connectivity index (χ2v) is 3.67. The predicted molar refractivity (Wildman–Crippen MR) is 51.5 cm³/mol. The molecule has 1 aromatic carbocycles. The highest BCUT2D eigenvalue weighted by Gasteiger charge is 2.27. The van der Waals surface area contributed by atoms with Crippen LogP contribution >= 0.6 is 15.9 Å². The van der Waals surface area contributed by atoms with Gasteiger partial charge in [-0.15, -0.1) is 0 Å². The molecule has 0 aliphatic rings. The number of ether oxygens (including phenoxy) is 1. The molecule has 0 aliphatic carbocycles. The standard InChI is InChI=1S/C9H6BrF5O2/c10-1-3(16)2-17-9-7(14)5(12)4(11)6(13)8(9)15/h3,16H,1-2H2. The summed E-state index contributed by atoms with van der Waals surface area (Å²) in [5, 5.41) is 9.05. The van der Waals surface area contributed by atoms with Crippen molar-refractivity contribution in [1.29, 1.82) is 0 Å². The van der Waals surface area contributed by atoms with E-state index >= 15 is 0 Å². The minimum Gasteiger partial charge on any atom is -0.485 e. The normalized spacial score (nSPS) is 12.6. The molecule has 1 aromatic rings. The van der Waals surface area contributed by atoms with Crippen molar-refractivity contribution in [2.75, 3.05) is 11.9 Å². The molecule has 8 heteroatoms. The van der Waals surface area contributed by atoms with Gasteiger partial charge in [0.15, 0.2) is 5.75 Å². The Labute approximate surface area is 101 Å². The predicted octanol–water partition coefficient (Wildman–Crippen LogP) is 2.52. The van der Waals surface area contributed by atoms with Gasteiger partial charge in [-0.2, -0.15) is 8.78 Å². The molecule has 2 nitrogen and oxygen atoms in total. The molecule has 1 rings (SSSR count). The van der Waals surface area contributed by atoms with Gasteiger partial charge in [-0.05, 0) is 0 Å². The first-order valence-corrected chi connectivity index (χ1v) is 5.40. The van der Waals surface area contributed by atoms with E-state index in [-0.39, 0.29) is 5.33 Å². The van der Waals surface area contributed by atoms with E-state index in [1.54, 1.807) is 0 Å². The summed E-state index contributed by atoms with van der Waals surface area (Å²) in [5.74, 6) is -12.0. The van der Waals surface area contributed by atoms with Crippen molar-refractivity contribution in [1.82, 2.24) is 0 Å². The van der Waals surface area contributed by atoms with E-state index in [2.05, 4.69) is 20.7 Å². The number of rotatable bonds is 4. The van der Waals surface area contributed by atoms with Gasteiger partial charge in [-0.25, -0.2) is 13.2 Å². The van der Waals surface area contributed by atoms with Gasteiger partial charge >= 0.3 is 0 Å². The smallest absolute Gasteiger partial charge is 0.206 e. The van der Waals surface area contributed by atoms with E-state index in [1.165, 1.54) is 0 Å². The summed E-state index contributed by atoms with van der Waals surface area (Å²) in [6.45, 7) is -0.608. The lowest BCUT2D eigenvalue weighted by molar-refractivity contribution is 0.119. The van der Waals surface area contributed by atoms with E-state index in [9.17, 15) is 22.0 Å². The number of alkyl halides is 1. The molecular formula is C9H6BrF5O2. The van der Waals surface area contributed by atoms with Gasteiger partial charge in [-0.3, -0.25) is 0 Å². The lowest BCUT2D eigenvalue weighted by Gasteiger charge is -2.12. The third-order valence-corrected chi connectivity index (χ3v) is 2.52. The summed E-state index contributed by atoms with van der Waals surface area (Å²) in [4.78, 5) is 0. The van der Waals surface area contributed by atoms with Crippen molar-refractivity contribution in [2.45, 2.75) is 6.10 Å². The molecule has 17 heavy (non-hydrogen) atoms. The molecule has 0 radical (unpaired) electrons. The van der Waals surface area contributed by atoms with Crippen LogP contribution in [0, 0.1) is 29.1 Å². The summed E-state index contributed by atoms with van der Waals surface area (Å²) in [7, 11) is 0. The monoisotopic (exact) mass is 320 g/mol. The van der Waals surface area contributed by atoms with E-state index in [0.717, 1.165) is 0 Å². The first kappa shape index (κ1) is 14.2. The zero-order valence-electron chi connectivity index (χ0n) is 8.11. The van der Waals surface area contributed by atoms with Crippen LogP contribution in [0.1, 0.15) is 0 Å². The fourth-order valence-corrected chi connectivity index (χ4v) is 1.12. The fourth-order valence-electron chi connectivity index (χ4n) is 0.936. The van der Waals surface area contributed by atoms with Crippen LogP contribution in [0.4, 0.5) is 22.0 Å². The summed E-state index contributed by atoms with van der Waals surface area (Å²) in [6, 6.07) is 0. The van der Waals surface area contributed by atoms with Gasteiger partial charge < -0.3 is 9.84 Å². The van der Waals surface area contributed by atoms with E-state index < -0.39 is 47.5 Å². The second kappa shape index (κ2) is 5.63. The minimum absolute atomic E-state index is 0.0302. The first-order valence-electron chi connectivity index (χ1n) is 4.28. The third-order valence-electron chi connectivity index (χ3n) is 1.77. The summed E-state index contributed by atoms with van der Waals surface area (Å²) in [6.07, 6.45) is -1.13. The Morgan fingerprint density at radius 3 is 1.76 bits per heavy atom. The number of aliphatic hydroxyl groups is 1. The Bertz CT molecular complexity index is 397. The maximum Gasteiger partial charge on any atom is 0.206 e. The Morgan fingerprint density at radius 1 is 0.941 bits per heavy atom. The molecular weight excluding hydrogens is 315 g/mol. The molecule has 96 valence electrons. The van der Waals surface area contributed by atoms with Crippen LogP contribution < -0.4 is 4.74 Å². The van der Waals surface area contributed by atoms with Crippen LogP contribution in [0.3, 0.4) is 0 Å². The van der Waals surface area contributed by atoms with Gasteiger partial charge in [-0.1, -0.05) is 15.9 Å². The molecule has 1 atom stereocenters. The summed E-state index contributed by atoms with van der Waals surface area (Å²) < 4.78 is 68.4. The maximum atomic E-state index is 13.0. The van der Waals surface area contributed by atoms with Crippen LogP contribution in [-0.2, 0) is 0 Å². The van der Waals surface area contributed by atoms with Gasteiger partial charge in [0.25, 0.3) is 0 Å². The van der Waals surface area contributed by atoms with Crippen LogP contribution in [0.5, 0.6) is 5.75 Å². The number of halogens is 6. The van der Waals surface area contributed by atoms with Crippen molar-refractivity contribution in [3.05, 3.63) is 29.1 Å². The second-order valence-electron chi connectivity index (χ2n) is 3.02. The van der Waals surface area contributed by atoms with Crippen LogP contribution in [0.2, 0.25) is 0 Å². The van der Waals surface area contributed by atoms with Crippen molar-refractivity contribution >= 4 is 15.9 Å². The zero-order chi connectivity index (χ0) is 13.2. The maximum absolute atomic E-state index is 13.0. The average Bonchev–Trinajstić information content (AvgIpc) is 2.33. The van der Waals surface area contributed by atoms with Crippen molar-refractivity contribution in [3.63, 3.8) is 0 Å². The summed E-state index contributed by atoms with van der Waals surface area (Å²) in [5.41, 5.74) is 0. The van der Waals surface area contributed by atoms with E-state index in [4.69, 9.17) is 5.11 Å². The molecule has 0 bridgehead atoms. The topological polar surface area (TPSA) is 29.5 Å². The van der Waals surface area contributed by atoms with Crippen molar-refractivity contribution in [2.24, 2.45) is 0 Å². The number of aliphatic hydroxyl groups excluding tert-OH is 1. The van der Waals surface area contributed by atoms with Crippen LogP contribution in [-0.4, -0.2) is 23.1 Å². The lowest BCUT2D eigenvalue weighted by Crippen LogP contribution is -2.20. The molecule has 1 unspecified atom stereocenters. The first-order chi connectivity index (χ1) is 7.90. The third kappa shape index (κ3) is 2.86. The van der Waals surface area contributed by atoms with E-state index in [0.29, 0.717) is 0 Å². The largest absolute Gasteiger partial charge is 0.485 e. The average molecular weight is 321 g/mol. The summed E-state index contributed by atoms with van der Waals surface area (Å²) >= 11 is 2.84. The van der Waals surface area contributed by atoms with Gasteiger partial charge in [0.1, 0.15) is 6.61 Å². The number of benzene rings is 1. The molecule has 0 fully saturated rings. The SMILES string of the molecule is OC(CBr)COc1c(F)c(F)c(F)c(F)c1F. The zero-order valence-corrected chi connectivity index (χ0v) is 9.70. The molecule has 0 saturated carbocycles. The molecule has 0 aliphatic heterocycles. The highest BCUT2D eigenvalue weighted by atomic mass is 79.9. The Morgan fingerprint density at radius 2 is 1.35 bits per heavy atom. The van der Waals surface area contributed by atoms with Gasteiger partial charge in [0.2, 0.25) is 29.1 Å². The Kier molecular flexibility index (Phi) is 4.70. The highest BCUT2D eigenvalue weighted by Crippen LogP contribution is 2.29. The molecule has 1 N–H and O–H groups in total. The highest BCUT2D eigenvalue weighted by molar-refractivity contribution is 9.09. The van der Waals surface area contributed by atoms with Crippen molar-refractivity contribution in [3.8, 4) is 5.75 Å². The fraction of sp³-hybridized carbons (Fsp3) is 0.333. The van der Waals surface area contributed by atoms with Gasteiger partial charge in [0, 0.05) is 5.33 Å². The number of hydrogen-bond acceptors (Lipinski definition) is 2.